The summed E-state index contributed by atoms with van der Waals surface area (Å²) >= 11 is 1.27. The molecule has 0 atom stereocenters. The normalized spacial score (nSPS) is 10.3. The molecule has 0 saturated heterocycles. The van der Waals surface area contributed by atoms with E-state index in [0.717, 1.165) is 0 Å². The van der Waals surface area contributed by atoms with Crippen molar-refractivity contribution in [2.45, 2.75) is 18.7 Å². The quantitative estimate of drug-likeness (QED) is 0.294. The zero-order chi connectivity index (χ0) is 15.7. The van der Waals surface area contributed by atoms with E-state index in [9.17, 15) is 4.79 Å². The van der Waals surface area contributed by atoms with Gasteiger partial charge in [0.15, 0.2) is 5.17 Å². The summed E-state index contributed by atoms with van der Waals surface area (Å²) in [6, 6.07) is 4.96. The Bertz CT molecular complexity index is 507. The van der Waals surface area contributed by atoms with Crippen molar-refractivity contribution in [2.75, 3.05) is 19.8 Å². The Morgan fingerprint density at radius 3 is 2.50 bits per heavy atom. The standard InChI is InChI=1S/C11H15N5OS.C2H6.H2/c1-14-11(16(3)15-2)18-9-5-4-7(12)6-8(9)10(13)17;1-2;/h4-6H,2,12H2,1,3H3,(H2,13,17);1-2H3;1H. The number of rotatable bonds is 3. The zero-order valence-corrected chi connectivity index (χ0v) is 13.1. The molecular formula is C13H23N5OS. The average Bonchev–Trinajstić information content (AvgIpc) is 2.47. The van der Waals surface area contributed by atoms with Crippen LogP contribution < -0.4 is 11.5 Å². The number of amides is 1. The van der Waals surface area contributed by atoms with E-state index in [1.807, 2.05) is 13.8 Å². The number of hydrogen-bond donors (Lipinski definition) is 2. The van der Waals surface area contributed by atoms with Crippen LogP contribution in [0.1, 0.15) is 25.6 Å². The van der Waals surface area contributed by atoms with Gasteiger partial charge in [0.25, 0.3) is 0 Å². The van der Waals surface area contributed by atoms with Crippen molar-refractivity contribution in [3.8, 4) is 0 Å². The smallest absolute Gasteiger partial charge is 0.249 e. The van der Waals surface area contributed by atoms with Crippen molar-refractivity contribution >= 4 is 35.2 Å². The van der Waals surface area contributed by atoms with Crippen molar-refractivity contribution in [2.24, 2.45) is 15.8 Å². The zero-order valence-electron chi connectivity index (χ0n) is 12.3. The number of aliphatic imine (C=N–C) groups is 1. The summed E-state index contributed by atoms with van der Waals surface area (Å²) in [5.41, 5.74) is 11.8. The molecule has 0 aliphatic heterocycles. The van der Waals surface area contributed by atoms with Gasteiger partial charge in [-0.1, -0.05) is 13.8 Å². The maximum absolute atomic E-state index is 11.3. The van der Waals surface area contributed by atoms with E-state index in [1.165, 1.54) is 16.8 Å². The summed E-state index contributed by atoms with van der Waals surface area (Å²) in [7, 11) is 3.34. The Hall–Kier alpha value is -2.02. The Morgan fingerprint density at radius 2 is 2.05 bits per heavy atom. The van der Waals surface area contributed by atoms with Gasteiger partial charge in [-0.05, 0) is 30.0 Å². The van der Waals surface area contributed by atoms with Crippen molar-refractivity contribution in [3.63, 3.8) is 0 Å². The lowest BCUT2D eigenvalue weighted by molar-refractivity contribution is 0.0997. The van der Waals surface area contributed by atoms with Gasteiger partial charge in [0.05, 0.1) is 5.56 Å². The molecule has 0 bridgehead atoms. The fourth-order valence-electron chi connectivity index (χ4n) is 1.24. The van der Waals surface area contributed by atoms with Gasteiger partial charge < -0.3 is 11.5 Å². The second-order valence-corrected chi connectivity index (χ2v) is 4.40. The molecule has 0 aliphatic carbocycles. The minimum absolute atomic E-state index is 0. The van der Waals surface area contributed by atoms with Crippen LogP contribution in [0, 0.1) is 0 Å². The van der Waals surface area contributed by atoms with Gasteiger partial charge in [-0.25, -0.2) is 5.01 Å². The highest BCUT2D eigenvalue weighted by atomic mass is 32.2. The summed E-state index contributed by atoms with van der Waals surface area (Å²) in [5.74, 6) is -0.533. The lowest BCUT2D eigenvalue weighted by Crippen LogP contribution is -2.19. The van der Waals surface area contributed by atoms with Gasteiger partial charge in [-0.2, -0.15) is 5.10 Å². The number of hydrogen-bond acceptors (Lipinski definition) is 5. The molecule has 0 aromatic heterocycles. The van der Waals surface area contributed by atoms with Gasteiger partial charge in [0, 0.05) is 32.8 Å². The second kappa shape index (κ2) is 8.98. The molecule has 0 fully saturated rings. The van der Waals surface area contributed by atoms with Crippen LogP contribution in [0.15, 0.2) is 33.2 Å². The molecule has 0 unspecified atom stereocenters. The Morgan fingerprint density at radius 1 is 1.45 bits per heavy atom. The molecule has 0 heterocycles. The van der Waals surface area contributed by atoms with Gasteiger partial charge in [0.2, 0.25) is 5.91 Å². The van der Waals surface area contributed by atoms with Crippen LogP contribution in [-0.4, -0.2) is 36.9 Å². The van der Waals surface area contributed by atoms with Crippen LogP contribution in [0.2, 0.25) is 0 Å². The molecule has 0 spiro atoms. The highest BCUT2D eigenvalue weighted by molar-refractivity contribution is 8.13. The first-order valence-corrected chi connectivity index (χ1v) is 6.85. The van der Waals surface area contributed by atoms with Crippen molar-refractivity contribution in [1.29, 1.82) is 0 Å². The van der Waals surface area contributed by atoms with Gasteiger partial charge >= 0.3 is 0 Å². The number of carbonyl (C=O) groups excluding carboxylic acids is 1. The molecule has 7 heteroatoms. The SMILES string of the molecule is C=NN(C)C(=NC)Sc1ccc(N)cc1C(N)=O.CC.[HH]. The molecule has 0 aliphatic rings. The van der Waals surface area contributed by atoms with Gasteiger partial charge in [-0.15, -0.1) is 0 Å². The number of amidine groups is 1. The number of anilines is 1. The first-order chi connectivity index (χ1) is 9.49. The van der Waals surface area contributed by atoms with Gasteiger partial charge in [0.1, 0.15) is 0 Å². The molecule has 1 amide bonds. The van der Waals surface area contributed by atoms with E-state index in [-0.39, 0.29) is 1.43 Å². The molecule has 6 nitrogen and oxygen atoms in total. The number of thioether (sulfide) groups is 1. The highest BCUT2D eigenvalue weighted by Crippen LogP contribution is 2.26. The molecule has 20 heavy (non-hydrogen) atoms. The van der Waals surface area contributed by atoms with E-state index < -0.39 is 5.91 Å². The number of carbonyl (C=O) groups is 1. The van der Waals surface area contributed by atoms with Crippen LogP contribution in [0.25, 0.3) is 0 Å². The van der Waals surface area contributed by atoms with E-state index in [4.69, 9.17) is 11.5 Å². The molecule has 1 rings (SSSR count). The summed E-state index contributed by atoms with van der Waals surface area (Å²) in [5, 5.41) is 5.84. The number of benzene rings is 1. The lowest BCUT2D eigenvalue weighted by Gasteiger charge is -2.15. The first kappa shape index (κ1) is 18.0. The predicted octanol–water partition coefficient (Wildman–Crippen LogP) is 2.27. The average molecular weight is 297 g/mol. The van der Waals surface area contributed by atoms with Crippen LogP contribution in [0.4, 0.5) is 5.69 Å². The number of nitrogens with zero attached hydrogens (tertiary/aromatic N) is 3. The number of hydrazone groups is 1. The summed E-state index contributed by atoms with van der Waals surface area (Å²) in [6.45, 7) is 7.41. The van der Waals surface area contributed by atoms with Crippen molar-refractivity contribution in [3.05, 3.63) is 23.8 Å². The molecular weight excluding hydrogens is 274 g/mol. The molecule has 1 aromatic rings. The predicted molar refractivity (Wildman–Crippen MR) is 89.4 cm³/mol. The molecule has 4 N–H and O–H groups in total. The van der Waals surface area contributed by atoms with E-state index in [0.29, 0.717) is 21.3 Å². The molecule has 0 radical (unpaired) electrons. The molecule has 0 saturated carbocycles. The Labute approximate surface area is 125 Å². The molecule has 112 valence electrons. The van der Waals surface area contributed by atoms with E-state index in [2.05, 4.69) is 16.8 Å². The fourth-order valence-corrected chi connectivity index (χ4v) is 2.13. The number of nitrogen functional groups attached to an aromatic ring is 1. The minimum atomic E-state index is -0.533. The Balaban J connectivity index is 0. The largest absolute Gasteiger partial charge is 0.399 e. The van der Waals surface area contributed by atoms with Crippen molar-refractivity contribution < 1.29 is 6.22 Å². The van der Waals surface area contributed by atoms with Gasteiger partial charge in [-0.3, -0.25) is 9.79 Å². The summed E-state index contributed by atoms with van der Waals surface area (Å²) in [4.78, 5) is 16.1. The van der Waals surface area contributed by atoms with Crippen LogP contribution in [0.5, 0.6) is 0 Å². The van der Waals surface area contributed by atoms with Crippen LogP contribution in [0.3, 0.4) is 0 Å². The topological polar surface area (TPSA) is 97.1 Å². The van der Waals surface area contributed by atoms with E-state index >= 15 is 0 Å². The maximum Gasteiger partial charge on any atom is 0.249 e. The second-order valence-electron chi connectivity index (χ2n) is 3.39. The third kappa shape index (κ3) is 4.93. The summed E-state index contributed by atoms with van der Waals surface area (Å²) < 4.78 is 0. The van der Waals surface area contributed by atoms with Crippen LogP contribution >= 0.6 is 11.8 Å². The number of nitrogens with two attached hydrogens (primary N) is 2. The number of primary amides is 1. The first-order valence-electron chi connectivity index (χ1n) is 6.04. The Kier molecular flexibility index (Phi) is 8.07. The maximum atomic E-state index is 11.3. The monoisotopic (exact) mass is 297 g/mol. The van der Waals surface area contributed by atoms with Crippen LogP contribution in [-0.2, 0) is 0 Å². The lowest BCUT2D eigenvalue weighted by atomic mass is 10.2. The summed E-state index contributed by atoms with van der Waals surface area (Å²) in [6.07, 6.45) is 0. The third-order valence-electron chi connectivity index (χ3n) is 2.15. The minimum Gasteiger partial charge on any atom is -0.399 e. The molecule has 1 aromatic carbocycles. The highest BCUT2D eigenvalue weighted by Gasteiger charge is 2.13. The third-order valence-corrected chi connectivity index (χ3v) is 3.36. The van der Waals surface area contributed by atoms with Crippen molar-refractivity contribution in [1.82, 2.24) is 5.01 Å². The van der Waals surface area contributed by atoms with E-state index in [1.54, 1.807) is 32.3 Å². The fraction of sp³-hybridized carbons (Fsp3) is 0.308.